The van der Waals surface area contributed by atoms with Crippen LogP contribution in [0.1, 0.15) is 12.5 Å². The van der Waals surface area contributed by atoms with E-state index in [-0.39, 0.29) is 18.4 Å². The summed E-state index contributed by atoms with van der Waals surface area (Å²) in [5.74, 6) is 0. The molecule has 0 bridgehead atoms. The average Bonchev–Trinajstić information content (AvgIpc) is 2.32. The van der Waals surface area contributed by atoms with Gasteiger partial charge in [-0.2, -0.15) is 4.31 Å². The minimum Gasteiger partial charge on any atom is -0.312 e. The number of piperazine rings is 1. The van der Waals surface area contributed by atoms with Crippen LogP contribution in [0, 0.1) is 6.92 Å². The van der Waals surface area contributed by atoms with Crippen molar-refractivity contribution in [3.63, 3.8) is 0 Å². The molecule has 0 aromatic heterocycles. The van der Waals surface area contributed by atoms with Crippen molar-refractivity contribution in [1.82, 2.24) is 9.62 Å². The Bertz CT molecular complexity index is 551. The van der Waals surface area contributed by atoms with Crippen LogP contribution < -0.4 is 5.32 Å². The fraction of sp³-hybridized carbons (Fsp3) is 0.500. The number of benzene rings is 1. The summed E-state index contributed by atoms with van der Waals surface area (Å²) in [5.41, 5.74) is 0.782. The smallest absolute Gasteiger partial charge is 0.243 e. The lowest BCUT2D eigenvalue weighted by molar-refractivity contribution is 0.310. The van der Waals surface area contributed by atoms with Crippen LogP contribution in [-0.2, 0) is 10.0 Å². The van der Waals surface area contributed by atoms with E-state index in [4.69, 9.17) is 0 Å². The van der Waals surface area contributed by atoms with Crippen molar-refractivity contribution < 1.29 is 8.42 Å². The van der Waals surface area contributed by atoms with Crippen molar-refractivity contribution in [1.29, 1.82) is 0 Å². The van der Waals surface area contributed by atoms with Crippen molar-refractivity contribution >= 4 is 38.4 Å². The third kappa shape index (κ3) is 3.70. The molecule has 7 heteroatoms. The van der Waals surface area contributed by atoms with Gasteiger partial charge in [-0.25, -0.2) is 8.42 Å². The second kappa shape index (κ2) is 6.54. The Morgan fingerprint density at radius 3 is 2.74 bits per heavy atom. The highest BCUT2D eigenvalue weighted by Gasteiger charge is 2.29. The summed E-state index contributed by atoms with van der Waals surface area (Å²) in [4.78, 5) is 0.394. The second-order valence-corrected chi connectivity index (χ2v) is 7.45. The Morgan fingerprint density at radius 1 is 1.42 bits per heavy atom. The second-order valence-electron chi connectivity index (χ2n) is 4.63. The Kier molecular flexibility index (Phi) is 5.82. The van der Waals surface area contributed by atoms with Gasteiger partial charge in [0.05, 0.1) is 4.90 Å². The van der Waals surface area contributed by atoms with E-state index >= 15 is 0 Å². The molecule has 1 saturated heterocycles. The van der Waals surface area contributed by atoms with Crippen LogP contribution in [-0.4, -0.2) is 38.4 Å². The van der Waals surface area contributed by atoms with Crippen LogP contribution in [0.3, 0.4) is 0 Å². The molecule has 0 aliphatic carbocycles. The summed E-state index contributed by atoms with van der Waals surface area (Å²) in [7, 11) is -3.38. The molecular weight excluding hydrogens is 352 g/mol. The van der Waals surface area contributed by atoms with Crippen molar-refractivity contribution in [3.8, 4) is 0 Å². The molecule has 1 aromatic carbocycles. The quantitative estimate of drug-likeness (QED) is 0.869. The molecule has 0 saturated carbocycles. The van der Waals surface area contributed by atoms with E-state index in [1.165, 1.54) is 0 Å². The Hall–Kier alpha value is -0.140. The Morgan fingerprint density at radius 2 is 2.11 bits per heavy atom. The predicted molar refractivity (Wildman–Crippen MR) is 82.4 cm³/mol. The molecule has 0 radical (unpaired) electrons. The maximum Gasteiger partial charge on any atom is 0.243 e. The molecule has 0 unspecified atom stereocenters. The summed E-state index contributed by atoms with van der Waals surface area (Å²) < 4.78 is 27.5. The van der Waals surface area contributed by atoms with Crippen LogP contribution in [0.25, 0.3) is 0 Å². The van der Waals surface area contributed by atoms with Crippen LogP contribution in [0.5, 0.6) is 0 Å². The lowest BCUT2D eigenvalue weighted by atomic mass is 10.2. The minimum atomic E-state index is -3.38. The molecule has 1 heterocycles. The van der Waals surface area contributed by atoms with Crippen LogP contribution in [0.2, 0.25) is 0 Å². The first-order chi connectivity index (χ1) is 8.41. The van der Waals surface area contributed by atoms with Crippen molar-refractivity contribution in [2.45, 2.75) is 24.8 Å². The first kappa shape index (κ1) is 16.9. The number of nitrogens with one attached hydrogen (secondary N) is 1. The number of halogens is 2. The summed E-state index contributed by atoms with van der Waals surface area (Å²) in [5, 5.41) is 3.25. The molecule has 1 atom stereocenters. The largest absolute Gasteiger partial charge is 0.312 e. The van der Waals surface area contributed by atoms with Gasteiger partial charge < -0.3 is 5.32 Å². The fourth-order valence-electron chi connectivity index (χ4n) is 2.11. The molecule has 0 amide bonds. The van der Waals surface area contributed by atoms with Crippen LogP contribution >= 0.6 is 28.3 Å². The van der Waals surface area contributed by atoms with Crippen molar-refractivity contribution in [3.05, 3.63) is 28.2 Å². The van der Waals surface area contributed by atoms with Crippen LogP contribution in [0.15, 0.2) is 27.6 Å². The van der Waals surface area contributed by atoms with Gasteiger partial charge in [-0.05, 0) is 31.5 Å². The fourth-order valence-corrected chi connectivity index (χ4v) is 4.40. The maximum absolute atomic E-state index is 12.6. The minimum absolute atomic E-state index is 0. The van der Waals surface area contributed by atoms with E-state index in [1.54, 1.807) is 10.4 Å². The molecule has 1 aliphatic heterocycles. The predicted octanol–water partition coefficient (Wildman–Crippen LogP) is 2.16. The standard InChI is InChI=1S/C12H17BrN2O2S.ClH/c1-9-3-4-11(13)7-12(9)18(16,17)15-6-5-14-10(2)8-15;/h3-4,7,10,14H,5-6,8H2,1-2H3;1H/t10-;/m1./s1. The SMILES string of the molecule is Cc1ccc(Br)cc1S(=O)(=O)N1CCN[C@H](C)C1.Cl. The zero-order valence-electron chi connectivity index (χ0n) is 10.9. The van der Waals surface area contributed by atoms with E-state index in [9.17, 15) is 8.42 Å². The van der Waals surface area contributed by atoms with Gasteiger partial charge in [-0.3, -0.25) is 0 Å². The maximum atomic E-state index is 12.6. The van der Waals surface area contributed by atoms with E-state index in [1.807, 2.05) is 26.0 Å². The third-order valence-corrected chi connectivity index (χ3v) is 5.60. The van der Waals surface area contributed by atoms with E-state index in [2.05, 4.69) is 21.2 Å². The molecule has 19 heavy (non-hydrogen) atoms. The molecule has 4 nitrogen and oxygen atoms in total. The van der Waals surface area contributed by atoms with E-state index < -0.39 is 10.0 Å². The lowest BCUT2D eigenvalue weighted by Gasteiger charge is -2.31. The number of hydrogen-bond acceptors (Lipinski definition) is 3. The van der Waals surface area contributed by atoms with Gasteiger partial charge >= 0.3 is 0 Å². The van der Waals surface area contributed by atoms with E-state index in [0.717, 1.165) is 10.0 Å². The number of hydrogen-bond donors (Lipinski definition) is 1. The summed E-state index contributed by atoms with van der Waals surface area (Å²) in [6.45, 7) is 5.57. The molecule has 1 fully saturated rings. The number of aryl methyl sites for hydroxylation is 1. The first-order valence-corrected chi connectivity index (χ1v) is 8.14. The van der Waals surface area contributed by atoms with Gasteiger partial charge in [0.25, 0.3) is 0 Å². The highest BCUT2D eigenvalue weighted by atomic mass is 79.9. The van der Waals surface area contributed by atoms with Gasteiger partial charge in [-0.15, -0.1) is 12.4 Å². The van der Waals surface area contributed by atoms with Crippen molar-refractivity contribution in [2.75, 3.05) is 19.6 Å². The summed E-state index contributed by atoms with van der Waals surface area (Å²) in [6, 6.07) is 5.55. The van der Waals surface area contributed by atoms with Gasteiger partial charge in [0.2, 0.25) is 10.0 Å². The van der Waals surface area contributed by atoms with Gasteiger partial charge in [0.1, 0.15) is 0 Å². The number of rotatable bonds is 2. The molecule has 108 valence electrons. The molecule has 2 rings (SSSR count). The van der Waals surface area contributed by atoms with Crippen molar-refractivity contribution in [2.24, 2.45) is 0 Å². The van der Waals surface area contributed by atoms with E-state index in [0.29, 0.717) is 24.5 Å². The van der Waals surface area contributed by atoms with Crippen LogP contribution in [0.4, 0.5) is 0 Å². The summed E-state index contributed by atoms with van der Waals surface area (Å²) >= 11 is 3.33. The highest BCUT2D eigenvalue weighted by molar-refractivity contribution is 9.10. The zero-order chi connectivity index (χ0) is 13.3. The monoisotopic (exact) mass is 368 g/mol. The molecular formula is C12H18BrClN2O2S. The Balaban J connectivity index is 0.00000180. The topological polar surface area (TPSA) is 49.4 Å². The molecule has 1 N–H and O–H groups in total. The average molecular weight is 370 g/mol. The zero-order valence-corrected chi connectivity index (χ0v) is 14.1. The molecule has 1 aliphatic rings. The summed E-state index contributed by atoms with van der Waals surface area (Å²) in [6.07, 6.45) is 0. The Labute approximate surface area is 129 Å². The third-order valence-electron chi connectivity index (χ3n) is 3.10. The molecule has 0 spiro atoms. The molecule has 1 aromatic rings. The normalized spacial score (nSPS) is 20.9. The van der Waals surface area contributed by atoms with Gasteiger partial charge in [0, 0.05) is 30.1 Å². The van der Waals surface area contributed by atoms with Gasteiger partial charge in [0.15, 0.2) is 0 Å². The van der Waals surface area contributed by atoms with Gasteiger partial charge in [-0.1, -0.05) is 22.0 Å². The number of sulfonamides is 1. The number of nitrogens with zero attached hydrogens (tertiary/aromatic N) is 1. The lowest BCUT2D eigenvalue weighted by Crippen LogP contribution is -2.51. The highest BCUT2D eigenvalue weighted by Crippen LogP contribution is 2.24. The first-order valence-electron chi connectivity index (χ1n) is 5.91.